The summed E-state index contributed by atoms with van der Waals surface area (Å²) >= 11 is 0. The number of hydrogen-bond donors (Lipinski definition) is 1. The van der Waals surface area contributed by atoms with Gasteiger partial charge in [0.15, 0.2) is 0 Å². The summed E-state index contributed by atoms with van der Waals surface area (Å²) in [6.07, 6.45) is 9.12. The fraction of sp³-hybridized carbons (Fsp3) is 0.600. The third-order valence-corrected chi connectivity index (χ3v) is 7.98. The first-order valence-electron chi connectivity index (χ1n) is 12.3. The molecule has 1 saturated carbocycles. The minimum Gasteiger partial charge on any atom is -0.371 e. The van der Waals surface area contributed by atoms with Gasteiger partial charge < -0.3 is 9.80 Å². The molecule has 1 aromatic rings. The first-order chi connectivity index (χ1) is 15.9. The molecular weight excluding hydrogens is 420 g/mol. The predicted molar refractivity (Wildman–Crippen MR) is 123 cm³/mol. The van der Waals surface area contributed by atoms with Crippen LogP contribution in [0.4, 0.5) is 5.69 Å². The first kappa shape index (κ1) is 22.1. The van der Waals surface area contributed by atoms with E-state index in [-0.39, 0.29) is 18.7 Å². The van der Waals surface area contributed by atoms with Gasteiger partial charge in [0, 0.05) is 37.3 Å². The lowest BCUT2D eigenvalue weighted by Gasteiger charge is -2.42. The number of nitrogens with one attached hydrogen (secondary N) is 1. The normalized spacial score (nSPS) is 25.1. The monoisotopic (exact) mass is 452 g/mol. The van der Waals surface area contributed by atoms with Crippen molar-refractivity contribution in [2.24, 2.45) is 0 Å². The van der Waals surface area contributed by atoms with Crippen LogP contribution >= 0.6 is 0 Å². The van der Waals surface area contributed by atoms with E-state index in [1.807, 2.05) is 6.07 Å². The molecule has 2 saturated heterocycles. The lowest BCUT2D eigenvalue weighted by molar-refractivity contribution is -0.136. The van der Waals surface area contributed by atoms with Crippen LogP contribution in [0.1, 0.15) is 78.5 Å². The van der Waals surface area contributed by atoms with Crippen molar-refractivity contribution in [3.8, 4) is 0 Å². The second-order valence-electron chi connectivity index (χ2n) is 9.85. The van der Waals surface area contributed by atoms with Gasteiger partial charge in [0.2, 0.25) is 11.8 Å². The molecule has 0 spiro atoms. The van der Waals surface area contributed by atoms with Crippen LogP contribution in [0.3, 0.4) is 0 Å². The highest BCUT2D eigenvalue weighted by molar-refractivity contribution is 6.23. The number of fused-ring (bicyclic) bond motifs is 1. The van der Waals surface area contributed by atoms with Crippen molar-refractivity contribution in [3.63, 3.8) is 0 Å². The number of hydrogen-bond acceptors (Lipinski definition) is 6. The van der Waals surface area contributed by atoms with E-state index in [2.05, 4.69) is 22.2 Å². The van der Waals surface area contributed by atoms with Crippen LogP contribution in [0.25, 0.3) is 0 Å². The Balaban J connectivity index is 1.26. The van der Waals surface area contributed by atoms with E-state index in [0.29, 0.717) is 23.2 Å². The topological polar surface area (TPSA) is 90.0 Å². The van der Waals surface area contributed by atoms with Gasteiger partial charge in [-0.15, -0.1) is 0 Å². The van der Waals surface area contributed by atoms with Crippen LogP contribution in [-0.2, 0) is 9.59 Å². The minimum atomic E-state index is -0.926. The molecule has 5 rings (SSSR count). The van der Waals surface area contributed by atoms with Gasteiger partial charge in [-0.05, 0) is 57.4 Å². The minimum absolute atomic E-state index is 0.124. The van der Waals surface area contributed by atoms with Crippen LogP contribution in [0.5, 0.6) is 0 Å². The lowest BCUT2D eigenvalue weighted by Crippen LogP contribution is -2.54. The van der Waals surface area contributed by atoms with Crippen LogP contribution in [0.15, 0.2) is 18.2 Å². The zero-order chi connectivity index (χ0) is 23.1. The molecule has 1 atom stereocenters. The zero-order valence-corrected chi connectivity index (χ0v) is 19.2. The van der Waals surface area contributed by atoms with Crippen molar-refractivity contribution in [1.82, 2.24) is 15.1 Å². The lowest BCUT2D eigenvalue weighted by atomic mass is 9.91. The Hall–Kier alpha value is -2.74. The Labute approximate surface area is 194 Å². The highest BCUT2D eigenvalue weighted by atomic mass is 16.2. The van der Waals surface area contributed by atoms with Crippen LogP contribution in [0, 0.1) is 0 Å². The van der Waals surface area contributed by atoms with E-state index < -0.39 is 23.8 Å². The molecule has 176 valence electrons. The van der Waals surface area contributed by atoms with Crippen molar-refractivity contribution in [3.05, 3.63) is 29.3 Å². The average Bonchev–Trinajstić information content (AvgIpc) is 3.09. The molecular formula is C25H32N4O4. The summed E-state index contributed by atoms with van der Waals surface area (Å²) in [6.45, 7) is 1.83. The molecule has 3 fully saturated rings. The van der Waals surface area contributed by atoms with Crippen molar-refractivity contribution < 1.29 is 19.2 Å². The van der Waals surface area contributed by atoms with Crippen LogP contribution in [-0.4, -0.2) is 71.7 Å². The van der Waals surface area contributed by atoms with Crippen molar-refractivity contribution >= 4 is 29.3 Å². The van der Waals surface area contributed by atoms with Gasteiger partial charge in [-0.2, -0.15) is 0 Å². The van der Waals surface area contributed by atoms with E-state index >= 15 is 0 Å². The molecule has 4 amide bonds. The molecule has 3 aliphatic heterocycles. The van der Waals surface area contributed by atoms with E-state index in [0.717, 1.165) is 36.5 Å². The molecule has 0 bridgehead atoms. The van der Waals surface area contributed by atoms with Gasteiger partial charge in [0.1, 0.15) is 6.04 Å². The van der Waals surface area contributed by atoms with E-state index in [1.165, 1.54) is 32.1 Å². The van der Waals surface area contributed by atoms with E-state index in [4.69, 9.17) is 0 Å². The largest absolute Gasteiger partial charge is 0.371 e. The van der Waals surface area contributed by atoms with Gasteiger partial charge in [-0.3, -0.25) is 29.4 Å². The second-order valence-corrected chi connectivity index (χ2v) is 9.85. The highest BCUT2D eigenvalue weighted by Gasteiger charge is 2.44. The maximum absolute atomic E-state index is 13.1. The van der Waals surface area contributed by atoms with Crippen LogP contribution in [0.2, 0.25) is 0 Å². The van der Waals surface area contributed by atoms with Crippen molar-refractivity contribution in [1.29, 1.82) is 0 Å². The number of carbonyl (C=O) groups excluding carboxylic acids is 4. The maximum Gasteiger partial charge on any atom is 0.262 e. The smallest absolute Gasteiger partial charge is 0.262 e. The summed E-state index contributed by atoms with van der Waals surface area (Å²) in [6, 6.07) is 5.78. The quantitative estimate of drug-likeness (QED) is 0.706. The van der Waals surface area contributed by atoms with Gasteiger partial charge in [0.25, 0.3) is 11.8 Å². The number of carbonyl (C=O) groups is 4. The fourth-order valence-electron chi connectivity index (χ4n) is 5.97. The van der Waals surface area contributed by atoms with Gasteiger partial charge in [-0.1, -0.05) is 19.3 Å². The zero-order valence-electron chi connectivity index (χ0n) is 19.2. The fourth-order valence-corrected chi connectivity index (χ4v) is 5.97. The average molecular weight is 453 g/mol. The Bertz CT molecular complexity index is 979. The standard InChI is InChI=1S/C25H32N4O4/c1-27(16-5-3-2-4-6-16)17-11-13-28(14-12-17)18-7-8-19-20(15-18)25(33)29(24(19)32)21-9-10-22(30)26-23(21)31/h7-8,15-17,21H,2-6,9-14H2,1H3,(H,26,30,31). The number of benzene rings is 1. The molecule has 0 radical (unpaired) electrons. The van der Waals surface area contributed by atoms with Crippen LogP contribution < -0.4 is 10.2 Å². The summed E-state index contributed by atoms with van der Waals surface area (Å²) in [7, 11) is 2.28. The molecule has 1 N–H and O–H groups in total. The summed E-state index contributed by atoms with van der Waals surface area (Å²) in [4.78, 5) is 55.6. The van der Waals surface area contributed by atoms with E-state index in [9.17, 15) is 19.2 Å². The second kappa shape index (κ2) is 8.89. The number of anilines is 1. The Morgan fingerprint density at radius 2 is 1.52 bits per heavy atom. The van der Waals surface area contributed by atoms with Gasteiger partial charge in [0.05, 0.1) is 11.1 Å². The number of imide groups is 2. The van der Waals surface area contributed by atoms with Gasteiger partial charge >= 0.3 is 0 Å². The van der Waals surface area contributed by atoms with Crippen molar-refractivity contribution in [2.75, 3.05) is 25.0 Å². The molecule has 1 unspecified atom stereocenters. The number of piperidine rings is 2. The molecule has 1 aromatic carbocycles. The number of nitrogens with zero attached hydrogens (tertiary/aromatic N) is 3. The number of rotatable bonds is 4. The Morgan fingerprint density at radius 3 is 2.21 bits per heavy atom. The van der Waals surface area contributed by atoms with Crippen molar-refractivity contribution in [2.45, 2.75) is 75.9 Å². The molecule has 3 heterocycles. The molecule has 0 aromatic heterocycles. The summed E-state index contributed by atoms with van der Waals surface area (Å²) in [5.41, 5.74) is 1.63. The Kier molecular flexibility index (Phi) is 5.95. The third-order valence-electron chi connectivity index (χ3n) is 7.98. The number of amides is 4. The van der Waals surface area contributed by atoms with E-state index in [1.54, 1.807) is 12.1 Å². The molecule has 8 heteroatoms. The summed E-state index contributed by atoms with van der Waals surface area (Å²) in [5, 5.41) is 2.24. The third kappa shape index (κ3) is 4.05. The maximum atomic E-state index is 13.1. The SMILES string of the molecule is CN(C1CCCCC1)C1CCN(c2ccc3c(c2)C(=O)N(C2CCC(=O)NC2=O)C3=O)CC1. The molecule has 33 heavy (non-hydrogen) atoms. The molecule has 1 aliphatic carbocycles. The Morgan fingerprint density at radius 1 is 0.848 bits per heavy atom. The highest BCUT2D eigenvalue weighted by Crippen LogP contribution is 2.32. The molecule has 8 nitrogen and oxygen atoms in total. The predicted octanol–water partition coefficient (Wildman–Crippen LogP) is 2.32. The summed E-state index contributed by atoms with van der Waals surface area (Å²) in [5.74, 6) is -1.85. The summed E-state index contributed by atoms with van der Waals surface area (Å²) < 4.78 is 0. The molecule has 4 aliphatic rings. The first-order valence-corrected chi connectivity index (χ1v) is 12.3. The van der Waals surface area contributed by atoms with Gasteiger partial charge in [-0.25, -0.2) is 0 Å².